The number of hydrogen-bond donors (Lipinski definition) is 1. The Morgan fingerprint density at radius 3 is 2.26 bits per heavy atom. The summed E-state index contributed by atoms with van der Waals surface area (Å²) in [5, 5.41) is 2.88. The lowest BCUT2D eigenvalue weighted by molar-refractivity contribution is -0.140. The van der Waals surface area contributed by atoms with Crippen LogP contribution in [0.15, 0.2) is 77.7 Å². The fourth-order valence-electron chi connectivity index (χ4n) is 4.08. The van der Waals surface area contributed by atoms with Crippen molar-refractivity contribution in [1.29, 1.82) is 0 Å². The van der Waals surface area contributed by atoms with E-state index < -0.39 is 28.5 Å². The lowest BCUT2D eigenvalue weighted by Crippen LogP contribution is -2.51. The molecular formula is C28H32ClN3O5S. The molecule has 0 heterocycles. The van der Waals surface area contributed by atoms with E-state index in [1.165, 1.54) is 37.3 Å². The highest BCUT2D eigenvalue weighted by molar-refractivity contribution is 7.92. The summed E-state index contributed by atoms with van der Waals surface area (Å²) < 4.78 is 34.3. The number of halogens is 1. The first kappa shape index (κ1) is 29.0. The van der Waals surface area contributed by atoms with Gasteiger partial charge in [0.15, 0.2) is 0 Å². The fraction of sp³-hybridized carbons (Fsp3) is 0.286. The van der Waals surface area contributed by atoms with E-state index in [1.54, 1.807) is 31.2 Å². The molecule has 3 rings (SSSR count). The smallest absolute Gasteiger partial charge is 0.264 e. The zero-order valence-electron chi connectivity index (χ0n) is 21.8. The molecule has 1 unspecified atom stereocenters. The largest absolute Gasteiger partial charge is 0.495 e. The Balaban J connectivity index is 2.12. The number of amides is 2. The molecule has 202 valence electrons. The second-order valence-electron chi connectivity index (χ2n) is 8.69. The number of sulfonamides is 1. The van der Waals surface area contributed by atoms with E-state index in [9.17, 15) is 18.0 Å². The summed E-state index contributed by atoms with van der Waals surface area (Å²) in [5.74, 6) is -0.669. The van der Waals surface area contributed by atoms with Crippen LogP contribution in [-0.4, -0.2) is 51.9 Å². The molecule has 38 heavy (non-hydrogen) atoms. The molecule has 0 spiro atoms. The lowest BCUT2D eigenvalue weighted by atomic mass is 10.1. The molecule has 0 aromatic heterocycles. The Kier molecular flexibility index (Phi) is 9.77. The first-order valence-corrected chi connectivity index (χ1v) is 13.9. The minimum absolute atomic E-state index is 0.00545. The molecule has 0 bridgehead atoms. The molecule has 0 aliphatic rings. The van der Waals surface area contributed by atoms with E-state index in [-0.39, 0.29) is 33.8 Å². The number of likely N-dealkylation sites (N-methyl/N-ethyl adjacent to an activating group) is 1. The molecule has 2 amide bonds. The maximum absolute atomic E-state index is 13.9. The molecule has 10 heteroatoms. The van der Waals surface area contributed by atoms with Crippen LogP contribution >= 0.6 is 11.6 Å². The highest BCUT2D eigenvalue weighted by Gasteiger charge is 2.34. The van der Waals surface area contributed by atoms with Crippen LogP contribution < -0.4 is 14.4 Å². The highest BCUT2D eigenvalue weighted by atomic mass is 35.5. The van der Waals surface area contributed by atoms with Crippen LogP contribution in [0.25, 0.3) is 0 Å². The molecule has 1 N–H and O–H groups in total. The molecule has 3 aromatic rings. The quantitative estimate of drug-likeness (QED) is 0.377. The SMILES string of the molecule is CCC(C(=O)NC)N(Cc1ccccc1)C(=O)CN(c1cc(Cl)ccc1OC)S(=O)(=O)c1ccc(C)cc1. The number of rotatable bonds is 11. The summed E-state index contributed by atoms with van der Waals surface area (Å²) in [6.07, 6.45) is 0.337. The molecule has 0 fully saturated rings. The number of ether oxygens (including phenoxy) is 1. The first-order valence-electron chi connectivity index (χ1n) is 12.1. The molecule has 0 radical (unpaired) electrons. The molecule has 0 aliphatic heterocycles. The maximum atomic E-state index is 13.9. The number of benzene rings is 3. The number of methoxy groups -OCH3 is 1. The number of carbonyl (C=O) groups is 2. The molecule has 1 atom stereocenters. The van der Waals surface area contributed by atoms with Crippen LogP contribution in [0.2, 0.25) is 5.02 Å². The van der Waals surface area contributed by atoms with Crippen molar-refractivity contribution in [2.24, 2.45) is 0 Å². The van der Waals surface area contributed by atoms with Crippen molar-refractivity contribution in [1.82, 2.24) is 10.2 Å². The predicted octanol–water partition coefficient (Wildman–Crippen LogP) is 4.41. The zero-order chi connectivity index (χ0) is 27.9. The van der Waals surface area contributed by atoms with Gasteiger partial charge in [-0.25, -0.2) is 8.42 Å². The van der Waals surface area contributed by atoms with Gasteiger partial charge in [0.25, 0.3) is 10.0 Å². The van der Waals surface area contributed by atoms with Gasteiger partial charge in [0, 0.05) is 18.6 Å². The van der Waals surface area contributed by atoms with Crippen molar-refractivity contribution < 1.29 is 22.7 Å². The van der Waals surface area contributed by atoms with Gasteiger partial charge in [-0.15, -0.1) is 0 Å². The summed E-state index contributed by atoms with van der Waals surface area (Å²) >= 11 is 6.25. The van der Waals surface area contributed by atoms with Gasteiger partial charge in [0.1, 0.15) is 18.3 Å². The number of aryl methyl sites for hydroxylation is 1. The van der Waals surface area contributed by atoms with Gasteiger partial charge in [0.05, 0.1) is 17.7 Å². The summed E-state index contributed by atoms with van der Waals surface area (Å²) in [5.41, 5.74) is 1.80. The van der Waals surface area contributed by atoms with Gasteiger partial charge in [0.2, 0.25) is 11.8 Å². The normalized spacial score (nSPS) is 11.9. The number of carbonyl (C=O) groups excluding carboxylic acids is 2. The Bertz CT molecular complexity index is 1360. The summed E-state index contributed by atoms with van der Waals surface area (Å²) in [4.78, 5) is 28.1. The number of nitrogens with zero attached hydrogens (tertiary/aromatic N) is 2. The van der Waals surface area contributed by atoms with Crippen molar-refractivity contribution in [3.63, 3.8) is 0 Å². The monoisotopic (exact) mass is 557 g/mol. The van der Waals surface area contributed by atoms with E-state index >= 15 is 0 Å². The van der Waals surface area contributed by atoms with E-state index in [0.29, 0.717) is 6.42 Å². The van der Waals surface area contributed by atoms with Gasteiger partial charge in [-0.2, -0.15) is 0 Å². The Hall–Kier alpha value is -3.56. The topological polar surface area (TPSA) is 96.0 Å². The minimum atomic E-state index is -4.23. The van der Waals surface area contributed by atoms with E-state index in [1.807, 2.05) is 37.3 Å². The summed E-state index contributed by atoms with van der Waals surface area (Å²) in [6, 6.07) is 19.3. The second-order valence-corrected chi connectivity index (χ2v) is 11.0. The average molecular weight is 558 g/mol. The van der Waals surface area contributed by atoms with Gasteiger partial charge in [-0.3, -0.25) is 13.9 Å². The van der Waals surface area contributed by atoms with Crippen molar-refractivity contribution in [2.45, 2.75) is 37.8 Å². The van der Waals surface area contributed by atoms with E-state index in [0.717, 1.165) is 15.4 Å². The van der Waals surface area contributed by atoms with Crippen molar-refractivity contribution in [3.8, 4) is 5.75 Å². The molecule has 0 saturated carbocycles. The minimum Gasteiger partial charge on any atom is -0.495 e. The summed E-state index contributed by atoms with van der Waals surface area (Å²) in [6.45, 7) is 3.19. The number of anilines is 1. The van der Waals surface area contributed by atoms with E-state index in [2.05, 4.69) is 5.32 Å². The number of nitrogens with one attached hydrogen (secondary N) is 1. The predicted molar refractivity (Wildman–Crippen MR) is 149 cm³/mol. The Labute approximate surface area is 229 Å². The molecule has 8 nitrogen and oxygen atoms in total. The summed E-state index contributed by atoms with van der Waals surface area (Å²) in [7, 11) is -1.32. The van der Waals surface area contributed by atoms with Gasteiger partial charge in [-0.05, 0) is 49.2 Å². The zero-order valence-corrected chi connectivity index (χ0v) is 23.4. The van der Waals surface area contributed by atoms with Crippen LogP contribution in [-0.2, 0) is 26.2 Å². The second kappa shape index (κ2) is 12.8. The van der Waals surface area contributed by atoms with Crippen molar-refractivity contribution >= 4 is 39.1 Å². The maximum Gasteiger partial charge on any atom is 0.264 e. The van der Waals surface area contributed by atoms with Gasteiger partial charge in [-0.1, -0.05) is 66.6 Å². The third-order valence-corrected chi connectivity index (χ3v) is 8.13. The van der Waals surface area contributed by atoms with Crippen LogP contribution in [0.4, 0.5) is 5.69 Å². The van der Waals surface area contributed by atoms with E-state index in [4.69, 9.17) is 16.3 Å². The standard InChI is InChI=1S/C28H32ClN3O5S/c1-5-24(28(34)30-3)31(18-21-9-7-6-8-10-21)27(33)19-32(25-17-22(29)13-16-26(25)37-4)38(35,36)23-14-11-20(2)12-15-23/h6-17,24H,5,18-19H2,1-4H3,(H,30,34). The number of hydrogen-bond acceptors (Lipinski definition) is 5. The van der Waals surface area contributed by atoms with Gasteiger partial charge >= 0.3 is 0 Å². The third-order valence-electron chi connectivity index (χ3n) is 6.13. The van der Waals surface area contributed by atoms with Crippen LogP contribution in [0.5, 0.6) is 5.75 Å². The Morgan fingerprint density at radius 2 is 1.68 bits per heavy atom. The lowest BCUT2D eigenvalue weighted by Gasteiger charge is -2.33. The van der Waals surface area contributed by atoms with Crippen molar-refractivity contribution in [2.75, 3.05) is 25.0 Å². The highest BCUT2D eigenvalue weighted by Crippen LogP contribution is 2.35. The van der Waals surface area contributed by atoms with Crippen LogP contribution in [0.3, 0.4) is 0 Å². The third kappa shape index (κ3) is 6.65. The van der Waals surface area contributed by atoms with Crippen LogP contribution in [0.1, 0.15) is 24.5 Å². The molecule has 0 saturated heterocycles. The average Bonchev–Trinajstić information content (AvgIpc) is 2.92. The molecule has 0 aliphatic carbocycles. The first-order chi connectivity index (χ1) is 18.1. The van der Waals surface area contributed by atoms with Crippen molar-refractivity contribution in [3.05, 3.63) is 88.9 Å². The van der Waals surface area contributed by atoms with Gasteiger partial charge < -0.3 is 15.0 Å². The molecular weight excluding hydrogens is 526 g/mol. The Morgan fingerprint density at radius 1 is 1.03 bits per heavy atom. The van der Waals surface area contributed by atoms with Crippen LogP contribution in [0, 0.1) is 6.92 Å². The molecule has 3 aromatic carbocycles. The fourth-order valence-corrected chi connectivity index (χ4v) is 5.66.